The summed E-state index contributed by atoms with van der Waals surface area (Å²) in [4.78, 5) is 0. The summed E-state index contributed by atoms with van der Waals surface area (Å²) in [6.45, 7) is 6.93. The van der Waals surface area contributed by atoms with Crippen molar-refractivity contribution in [3.63, 3.8) is 0 Å². The van der Waals surface area contributed by atoms with Gasteiger partial charge < -0.3 is 0 Å². The molecule has 1 saturated carbocycles. The maximum Gasteiger partial charge on any atom is -0.0162 e. The molecule has 3 rings (SSSR count). The molecule has 1 fully saturated rings. The quantitative estimate of drug-likeness (QED) is 0.545. The Balaban J connectivity index is 1.62. The zero-order valence-corrected chi connectivity index (χ0v) is 15.6. The average Bonchev–Trinajstić information content (AvgIpc) is 2.62. The van der Waals surface area contributed by atoms with Crippen LogP contribution in [0.2, 0.25) is 0 Å². The van der Waals surface area contributed by atoms with Gasteiger partial charge in [-0.05, 0) is 78.5 Å². The van der Waals surface area contributed by atoms with Crippen molar-refractivity contribution in [1.29, 1.82) is 0 Å². The highest BCUT2D eigenvalue weighted by Crippen LogP contribution is 2.38. The van der Waals surface area contributed by atoms with Gasteiger partial charge in [-0.25, -0.2) is 0 Å². The molecule has 0 aliphatic heterocycles. The largest absolute Gasteiger partial charge is 0.0628 e. The molecule has 2 aromatic rings. The molecule has 0 N–H and O–H groups in total. The van der Waals surface area contributed by atoms with E-state index >= 15 is 0 Å². The second-order valence-corrected chi connectivity index (χ2v) is 8.02. The van der Waals surface area contributed by atoms with Crippen molar-refractivity contribution in [2.75, 3.05) is 0 Å². The minimum Gasteiger partial charge on any atom is -0.0628 e. The van der Waals surface area contributed by atoms with E-state index in [9.17, 15) is 0 Å². The summed E-state index contributed by atoms with van der Waals surface area (Å²) in [6, 6.07) is 18.4. The van der Waals surface area contributed by atoms with Crippen LogP contribution in [0, 0.1) is 11.8 Å². The molecule has 0 heteroatoms. The van der Waals surface area contributed by atoms with E-state index < -0.39 is 0 Å². The van der Waals surface area contributed by atoms with Crippen LogP contribution in [0.3, 0.4) is 0 Å². The maximum atomic E-state index is 2.37. The lowest BCUT2D eigenvalue weighted by Crippen LogP contribution is -2.14. The summed E-state index contributed by atoms with van der Waals surface area (Å²) in [5.41, 5.74) is 5.63. The van der Waals surface area contributed by atoms with Crippen LogP contribution in [0.25, 0.3) is 11.1 Å². The molecule has 2 aromatic carbocycles. The van der Waals surface area contributed by atoms with Crippen molar-refractivity contribution in [2.45, 2.75) is 65.2 Å². The van der Waals surface area contributed by atoms with Gasteiger partial charge in [-0.1, -0.05) is 69.3 Å². The highest BCUT2D eigenvalue weighted by Gasteiger charge is 2.22. The van der Waals surface area contributed by atoms with Crippen molar-refractivity contribution in [3.8, 4) is 11.1 Å². The Morgan fingerprint density at radius 3 is 1.83 bits per heavy atom. The van der Waals surface area contributed by atoms with E-state index in [-0.39, 0.29) is 0 Å². The predicted octanol–water partition coefficient (Wildman–Crippen LogP) is 7.24. The van der Waals surface area contributed by atoms with Gasteiger partial charge in [-0.2, -0.15) is 0 Å². The summed E-state index contributed by atoms with van der Waals surface area (Å²) in [5, 5.41) is 0. The van der Waals surface area contributed by atoms with Crippen molar-refractivity contribution < 1.29 is 0 Å². The third kappa shape index (κ3) is 4.29. The molecule has 0 spiro atoms. The first kappa shape index (κ1) is 17.3. The van der Waals surface area contributed by atoms with Crippen LogP contribution in [0.5, 0.6) is 0 Å². The fourth-order valence-electron chi connectivity index (χ4n) is 4.28. The van der Waals surface area contributed by atoms with Crippen molar-refractivity contribution in [3.05, 3.63) is 59.7 Å². The summed E-state index contributed by atoms with van der Waals surface area (Å²) in [5.74, 6) is 2.60. The van der Waals surface area contributed by atoms with Crippen LogP contribution in [-0.4, -0.2) is 0 Å². The molecule has 0 amide bonds. The van der Waals surface area contributed by atoms with Gasteiger partial charge in [0.2, 0.25) is 0 Å². The first-order valence-electron chi connectivity index (χ1n) is 9.85. The zero-order chi connectivity index (χ0) is 16.9. The topological polar surface area (TPSA) is 0 Å². The van der Waals surface area contributed by atoms with Gasteiger partial charge in [0.1, 0.15) is 0 Å². The molecule has 0 radical (unpaired) electrons. The molecule has 0 bridgehead atoms. The third-order valence-electron chi connectivity index (χ3n) is 5.73. The van der Waals surface area contributed by atoms with E-state index in [1.165, 1.54) is 48.8 Å². The number of rotatable bonds is 5. The van der Waals surface area contributed by atoms with E-state index in [1.807, 2.05) is 0 Å². The third-order valence-corrected chi connectivity index (χ3v) is 5.73. The molecular formula is C24H32. The van der Waals surface area contributed by atoms with Crippen LogP contribution in [-0.2, 0) is 6.42 Å². The molecule has 1 aliphatic rings. The Kier molecular flexibility index (Phi) is 5.76. The molecule has 0 aromatic heterocycles. The summed E-state index contributed by atoms with van der Waals surface area (Å²) < 4.78 is 0. The summed E-state index contributed by atoms with van der Waals surface area (Å²) in [7, 11) is 0. The second-order valence-electron chi connectivity index (χ2n) is 8.02. The smallest absolute Gasteiger partial charge is 0.0162 e. The molecule has 24 heavy (non-hydrogen) atoms. The molecule has 0 unspecified atom stereocenters. The second kappa shape index (κ2) is 8.01. The Bertz CT molecular complexity index is 610. The van der Waals surface area contributed by atoms with Gasteiger partial charge in [0, 0.05) is 0 Å². The average molecular weight is 321 g/mol. The lowest BCUT2D eigenvalue weighted by Gasteiger charge is -2.29. The monoisotopic (exact) mass is 320 g/mol. The first-order chi connectivity index (χ1) is 11.7. The highest BCUT2D eigenvalue weighted by atomic mass is 14.3. The van der Waals surface area contributed by atoms with Gasteiger partial charge in [-0.3, -0.25) is 0 Å². The Morgan fingerprint density at radius 1 is 0.792 bits per heavy atom. The number of hydrogen-bond donors (Lipinski definition) is 0. The van der Waals surface area contributed by atoms with Gasteiger partial charge in [-0.15, -0.1) is 0 Å². The minimum absolute atomic E-state index is 0.782. The highest BCUT2D eigenvalue weighted by molar-refractivity contribution is 5.64. The van der Waals surface area contributed by atoms with E-state index in [1.54, 1.807) is 5.56 Å². The zero-order valence-electron chi connectivity index (χ0n) is 15.6. The Morgan fingerprint density at radius 2 is 1.33 bits per heavy atom. The van der Waals surface area contributed by atoms with Gasteiger partial charge in [0.25, 0.3) is 0 Å². The van der Waals surface area contributed by atoms with Crippen molar-refractivity contribution in [2.24, 2.45) is 11.8 Å². The number of aryl methyl sites for hydroxylation is 1. The van der Waals surface area contributed by atoms with Crippen molar-refractivity contribution >= 4 is 0 Å². The molecule has 128 valence electrons. The first-order valence-corrected chi connectivity index (χ1v) is 9.85. The number of benzene rings is 2. The van der Waals surface area contributed by atoms with Crippen LogP contribution in [0.1, 0.15) is 69.9 Å². The van der Waals surface area contributed by atoms with E-state index in [2.05, 4.69) is 69.3 Å². The molecule has 0 atom stereocenters. The lowest BCUT2D eigenvalue weighted by atomic mass is 9.76. The summed E-state index contributed by atoms with van der Waals surface area (Å²) >= 11 is 0. The minimum atomic E-state index is 0.782. The van der Waals surface area contributed by atoms with Crippen molar-refractivity contribution in [1.82, 2.24) is 0 Å². The maximum absolute atomic E-state index is 2.37. The fraction of sp³-hybridized carbons (Fsp3) is 0.500. The van der Waals surface area contributed by atoms with Crippen LogP contribution >= 0.6 is 0 Å². The van der Waals surface area contributed by atoms with E-state index in [0.717, 1.165) is 24.2 Å². The molecular weight excluding hydrogens is 288 g/mol. The fourth-order valence-corrected chi connectivity index (χ4v) is 4.28. The molecule has 0 nitrogen and oxygen atoms in total. The predicted molar refractivity (Wildman–Crippen MR) is 105 cm³/mol. The normalized spacial score (nSPS) is 21.2. The van der Waals surface area contributed by atoms with E-state index in [0.29, 0.717) is 0 Å². The van der Waals surface area contributed by atoms with Crippen LogP contribution in [0.4, 0.5) is 0 Å². The van der Waals surface area contributed by atoms with Gasteiger partial charge in [0.15, 0.2) is 0 Å². The molecule has 1 aliphatic carbocycles. The Labute approximate surface area is 148 Å². The molecule has 0 saturated heterocycles. The SMILES string of the molecule is CCc1ccc(-c2ccc(C3CCC(CC(C)C)CC3)cc2)cc1. The van der Waals surface area contributed by atoms with Crippen LogP contribution < -0.4 is 0 Å². The van der Waals surface area contributed by atoms with Gasteiger partial charge >= 0.3 is 0 Å². The molecule has 0 heterocycles. The van der Waals surface area contributed by atoms with Crippen LogP contribution in [0.15, 0.2) is 48.5 Å². The van der Waals surface area contributed by atoms with E-state index in [4.69, 9.17) is 0 Å². The Hall–Kier alpha value is -1.56. The summed E-state index contributed by atoms with van der Waals surface area (Å²) in [6.07, 6.45) is 8.12. The van der Waals surface area contributed by atoms with Gasteiger partial charge in [0.05, 0.1) is 0 Å². The lowest BCUT2D eigenvalue weighted by molar-refractivity contribution is 0.283. The number of hydrogen-bond acceptors (Lipinski definition) is 0. The standard InChI is InChI=1S/C24H32/c1-4-19-5-9-21(10-6-19)23-13-15-24(16-14-23)22-11-7-20(8-12-22)17-18(2)3/h5-6,9-10,13-16,18,20,22H,4,7-8,11-12,17H2,1-3H3.